The average molecular weight is 287 g/mol. The van der Waals surface area contributed by atoms with Crippen LogP contribution in [0.1, 0.15) is 37.2 Å². The van der Waals surface area contributed by atoms with Crippen LogP contribution in [0, 0.1) is 0 Å². The van der Waals surface area contributed by atoms with Gasteiger partial charge in [0.05, 0.1) is 11.8 Å². The van der Waals surface area contributed by atoms with Crippen LogP contribution in [0.15, 0.2) is 9.27 Å². The molecule has 2 rings (SSSR count). The number of aromatic amines is 1. The number of hydrogen-bond donors (Lipinski definition) is 1. The van der Waals surface area contributed by atoms with Crippen molar-refractivity contribution in [2.75, 3.05) is 7.11 Å². The second-order valence-electron chi connectivity index (χ2n) is 4.24. The Morgan fingerprint density at radius 3 is 2.88 bits per heavy atom. The Labute approximate surface area is 103 Å². The van der Waals surface area contributed by atoms with E-state index in [1.165, 1.54) is 0 Å². The van der Waals surface area contributed by atoms with E-state index in [2.05, 4.69) is 25.9 Å². The topological polar surface area (TPSA) is 55.0 Å². The van der Waals surface area contributed by atoms with E-state index in [0.717, 1.165) is 18.5 Å². The summed E-state index contributed by atoms with van der Waals surface area (Å²) < 4.78 is 5.75. The number of H-pyrrole nitrogens is 1. The zero-order valence-electron chi connectivity index (χ0n) is 9.42. The molecule has 0 bridgehead atoms. The zero-order valence-corrected chi connectivity index (χ0v) is 11.0. The van der Waals surface area contributed by atoms with Crippen molar-refractivity contribution in [3.05, 3.63) is 26.3 Å². The van der Waals surface area contributed by atoms with Gasteiger partial charge in [0.2, 0.25) is 0 Å². The lowest BCUT2D eigenvalue weighted by Gasteiger charge is -2.10. The minimum atomic E-state index is -0.0878. The Hall–Kier alpha value is -0.680. The number of ether oxygens (including phenoxy) is 1. The lowest BCUT2D eigenvalue weighted by molar-refractivity contribution is 0.117. The van der Waals surface area contributed by atoms with Crippen molar-refractivity contribution < 1.29 is 4.74 Å². The van der Waals surface area contributed by atoms with Crippen LogP contribution in [-0.4, -0.2) is 23.2 Å². The molecule has 0 aromatic carbocycles. The van der Waals surface area contributed by atoms with E-state index in [1.807, 2.05) is 6.92 Å². The Bertz CT molecular complexity index is 440. The molecule has 1 aromatic rings. The second-order valence-corrected chi connectivity index (χ2v) is 5.03. The summed E-state index contributed by atoms with van der Waals surface area (Å²) in [6, 6.07) is 0. The highest BCUT2D eigenvalue weighted by molar-refractivity contribution is 9.10. The first-order valence-corrected chi connectivity index (χ1v) is 6.22. The summed E-state index contributed by atoms with van der Waals surface area (Å²) in [5, 5.41) is 0. The maximum Gasteiger partial charge on any atom is 0.265 e. The van der Waals surface area contributed by atoms with Gasteiger partial charge in [-0.2, -0.15) is 0 Å². The number of nitrogens with zero attached hydrogens (tertiary/aromatic N) is 1. The normalized spacial score (nSPS) is 17.4. The summed E-state index contributed by atoms with van der Waals surface area (Å²) in [7, 11) is 1.66. The van der Waals surface area contributed by atoms with Crippen molar-refractivity contribution in [1.29, 1.82) is 0 Å². The molecule has 1 unspecified atom stereocenters. The van der Waals surface area contributed by atoms with Crippen molar-refractivity contribution in [1.82, 2.24) is 9.97 Å². The van der Waals surface area contributed by atoms with E-state index in [1.54, 1.807) is 7.11 Å². The van der Waals surface area contributed by atoms with Gasteiger partial charge >= 0.3 is 0 Å². The van der Waals surface area contributed by atoms with E-state index >= 15 is 0 Å². The molecule has 0 saturated heterocycles. The molecule has 1 aliphatic rings. The first kappa shape index (κ1) is 11.8. The number of rotatable bonds is 4. The van der Waals surface area contributed by atoms with Gasteiger partial charge in [0.15, 0.2) is 0 Å². The van der Waals surface area contributed by atoms with Crippen LogP contribution in [0.2, 0.25) is 0 Å². The highest BCUT2D eigenvalue weighted by atomic mass is 79.9. The van der Waals surface area contributed by atoms with Crippen LogP contribution in [0.25, 0.3) is 0 Å². The molecule has 1 heterocycles. The molecule has 0 radical (unpaired) electrons. The summed E-state index contributed by atoms with van der Waals surface area (Å²) in [6.07, 6.45) is 2.97. The van der Waals surface area contributed by atoms with E-state index in [4.69, 9.17) is 4.74 Å². The second kappa shape index (κ2) is 4.67. The molecule has 1 saturated carbocycles. The smallest absolute Gasteiger partial charge is 0.265 e. The summed E-state index contributed by atoms with van der Waals surface area (Å²) in [5.74, 6) is 1.18. The molecule has 16 heavy (non-hydrogen) atoms. The maximum absolute atomic E-state index is 11.7. The number of hydrogen-bond acceptors (Lipinski definition) is 3. The van der Waals surface area contributed by atoms with Crippen LogP contribution in [-0.2, 0) is 11.2 Å². The van der Waals surface area contributed by atoms with Gasteiger partial charge in [0, 0.05) is 19.4 Å². The molecule has 4 nitrogen and oxygen atoms in total. The summed E-state index contributed by atoms with van der Waals surface area (Å²) in [4.78, 5) is 19.0. The highest BCUT2D eigenvalue weighted by Gasteiger charge is 2.28. The van der Waals surface area contributed by atoms with Crippen LogP contribution in [0.3, 0.4) is 0 Å². The molecule has 5 heteroatoms. The molecular weight excluding hydrogens is 272 g/mol. The van der Waals surface area contributed by atoms with Gasteiger partial charge in [-0.3, -0.25) is 4.79 Å². The Morgan fingerprint density at radius 1 is 1.62 bits per heavy atom. The molecule has 0 spiro atoms. The fraction of sp³-hybridized carbons (Fsp3) is 0.636. The number of nitrogens with one attached hydrogen (secondary N) is 1. The van der Waals surface area contributed by atoms with Crippen LogP contribution >= 0.6 is 15.9 Å². The Morgan fingerprint density at radius 2 is 2.31 bits per heavy atom. The number of methoxy groups -OCH3 is 1. The fourth-order valence-corrected chi connectivity index (χ4v) is 2.12. The SMILES string of the molecule is COC(C)Cc1nc(C2CC2)c(Br)c(=O)[nH]1. The highest BCUT2D eigenvalue weighted by Crippen LogP contribution is 2.41. The number of halogens is 1. The van der Waals surface area contributed by atoms with Crippen molar-refractivity contribution >= 4 is 15.9 Å². The van der Waals surface area contributed by atoms with Crippen molar-refractivity contribution in [3.63, 3.8) is 0 Å². The van der Waals surface area contributed by atoms with Crippen molar-refractivity contribution in [3.8, 4) is 0 Å². The van der Waals surface area contributed by atoms with E-state index in [9.17, 15) is 4.79 Å². The largest absolute Gasteiger partial charge is 0.381 e. The molecule has 0 amide bonds. The van der Waals surface area contributed by atoms with Gasteiger partial charge in [-0.25, -0.2) is 4.98 Å². The van der Waals surface area contributed by atoms with Crippen molar-refractivity contribution in [2.24, 2.45) is 0 Å². The Kier molecular flexibility index (Phi) is 3.44. The van der Waals surface area contributed by atoms with E-state index < -0.39 is 0 Å². The molecule has 1 aliphatic carbocycles. The summed E-state index contributed by atoms with van der Waals surface area (Å²) in [6.45, 7) is 1.96. The monoisotopic (exact) mass is 286 g/mol. The van der Waals surface area contributed by atoms with Gasteiger partial charge in [-0.05, 0) is 35.7 Å². The predicted octanol–water partition coefficient (Wildman–Crippen LogP) is 1.99. The van der Waals surface area contributed by atoms with Gasteiger partial charge in [0.1, 0.15) is 10.3 Å². The third-order valence-electron chi connectivity index (χ3n) is 2.78. The first-order valence-electron chi connectivity index (χ1n) is 5.43. The molecular formula is C11H15BrN2O2. The quantitative estimate of drug-likeness (QED) is 0.921. The molecule has 1 aromatic heterocycles. The average Bonchev–Trinajstić information content (AvgIpc) is 3.06. The van der Waals surface area contributed by atoms with E-state index in [-0.39, 0.29) is 11.7 Å². The first-order chi connectivity index (χ1) is 7.61. The summed E-state index contributed by atoms with van der Waals surface area (Å²) in [5.41, 5.74) is 0.817. The lowest BCUT2D eigenvalue weighted by Crippen LogP contribution is -2.19. The van der Waals surface area contributed by atoms with Crippen LogP contribution < -0.4 is 5.56 Å². The molecule has 1 fully saturated rings. The molecule has 0 aliphatic heterocycles. The molecule has 1 atom stereocenters. The van der Waals surface area contributed by atoms with Gasteiger partial charge in [-0.15, -0.1) is 0 Å². The van der Waals surface area contributed by atoms with Gasteiger partial charge < -0.3 is 9.72 Å². The fourth-order valence-electron chi connectivity index (χ4n) is 1.60. The predicted molar refractivity (Wildman–Crippen MR) is 64.7 cm³/mol. The zero-order chi connectivity index (χ0) is 11.7. The minimum Gasteiger partial charge on any atom is -0.381 e. The molecule has 88 valence electrons. The maximum atomic E-state index is 11.7. The van der Waals surface area contributed by atoms with Gasteiger partial charge in [0.25, 0.3) is 5.56 Å². The third kappa shape index (κ3) is 2.52. The van der Waals surface area contributed by atoms with Crippen molar-refractivity contribution in [2.45, 2.75) is 38.2 Å². The van der Waals surface area contributed by atoms with Crippen LogP contribution in [0.5, 0.6) is 0 Å². The third-order valence-corrected chi connectivity index (χ3v) is 3.55. The minimum absolute atomic E-state index is 0.0661. The number of aromatic nitrogens is 2. The Balaban J connectivity index is 2.29. The summed E-state index contributed by atoms with van der Waals surface area (Å²) >= 11 is 3.30. The van der Waals surface area contributed by atoms with Gasteiger partial charge in [-0.1, -0.05) is 0 Å². The standard InChI is InChI=1S/C11H15BrN2O2/c1-6(16-2)5-8-13-10(7-3-4-7)9(12)11(15)14-8/h6-7H,3-5H2,1-2H3,(H,13,14,15). The van der Waals surface area contributed by atoms with E-state index in [0.29, 0.717) is 22.6 Å². The lowest BCUT2D eigenvalue weighted by atomic mass is 10.2. The molecule has 1 N–H and O–H groups in total. The van der Waals surface area contributed by atoms with Crippen LogP contribution in [0.4, 0.5) is 0 Å².